The van der Waals surface area contributed by atoms with E-state index in [4.69, 9.17) is 5.73 Å². The van der Waals surface area contributed by atoms with Crippen LogP contribution < -0.4 is 11.1 Å². The van der Waals surface area contributed by atoms with Crippen LogP contribution in [0.15, 0.2) is 5.38 Å². The number of carbonyl (C=O) groups is 1. The van der Waals surface area contributed by atoms with Crippen molar-refractivity contribution >= 4 is 17.2 Å². The van der Waals surface area contributed by atoms with E-state index in [9.17, 15) is 4.79 Å². The molecule has 1 aromatic rings. The van der Waals surface area contributed by atoms with Crippen LogP contribution in [-0.2, 0) is 11.2 Å². The van der Waals surface area contributed by atoms with Crippen molar-refractivity contribution < 1.29 is 4.79 Å². The van der Waals surface area contributed by atoms with E-state index < -0.39 is 6.04 Å². The van der Waals surface area contributed by atoms with Crippen molar-refractivity contribution in [3.05, 3.63) is 16.1 Å². The van der Waals surface area contributed by atoms with Crippen molar-refractivity contribution in [1.82, 2.24) is 10.3 Å². The lowest BCUT2D eigenvalue weighted by atomic mass is 10.1. The van der Waals surface area contributed by atoms with Crippen LogP contribution in [-0.4, -0.2) is 16.9 Å². The van der Waals surface area contributed by atoms with E-state index in [1.165, 1.54) is 0 Å². The Hall–Kier alpha value is -0.940. The minimum absolute atomic E-state index is 0.0676. The monoisotopic (exact) mass is 255 g/mol. The van der Waals surface area contributed by atoms with E-state index in [-0.39, 0.29) is 11.9 Å². The molecule has 1 amide bonds. The van der Waals surface area contributed by atoms with Gasteiger partial charge >= 0.3 is 0 Å². The summed E-state index contributed by atoms with van der Waals surface area (Å²) in [5.41, 5.74) is 6.68. The van der Waals surface area contributed by atoms with Crippen LogP contribution in [0.1, 0.15) is 50.4 Å². The van der Waals surface area contributed by atoms with Crippen LogP contribution >= 0.6 is 11.3 Å². The first-order valence-corrected chi connectivity index (χ1v) is 6.96. The van der Waals surface area contributed by atoms with Crippen LogP contribution in [0.4, 0.5) is 0 Å². The average Bonchev–Trinajstić information content (AvgIpc) is 2.77. The molecule has 4 nitrogen and oxygen atoms in total. The van der Waals surface area contributed by atoms with E-state index in [0.717, 1.165) is 30.0 Å². The summed E-state index contributed by atoms with van der Waals surface area (Å²) in [5, 5.41) is 5.99. The normalized spacial score (nSPS) is 14.4. The molecule has 0 aliphatic heterocycles. The van der Waals surface area contributed by atoms with Crippen LogP contribution in [0.2, 0.25) is 0 Å². The third-order valence-electron chi connectivity index (χ3n) is 2.61. The second-order valence-electron chi connectivity index (χ2n) is 4.15. The third kappa shape index (κ3) is 4.09. The molecule has 0 saturated carbocycles. The molecule has 0 fully saturated rings. The van der Waals surface area contributed by atoms with E-state index in [2.05, 4.69) is 17.2 Å². The SMILES string of the molecule is CCCC(N)C(=O)NC(C)c1csc(CC)n1. The Bertz CT molecular complexity index is 364. The second kappa shape index (κ2) is 6.71. The molecule has 5 heteroatoms. The highest BCUT2D eigenvalue weighted by molar-refractivity contribution is 7.09. The average molecular weight is 255 g/mol. The van der Waals surface area contributed by atoms with Crippen molar-refractivity contribution in [2.24, 2.45) is 5.73 Å². The zero-order valence-corrected chi connectivity index (χ0v) is 11.5. The molecular formula is C12H21N3OS. The van der Waals surface area contributed by atoms with Gasteiger partial charge in [0.25, 0.3) is 0 Å². The summed E-state index contributed by atoms with van der Waals surface area (Å²) in [6.07, 6.45) is 2.57. The van der Waals surface area contributed by atoms with Gasteiger partial charge in [0.15, 0.2) is 0 Å². The van der Waals surface area contributed by atoms with Gasteiger partial charge in [-0.25, -0.2) is 4.98 Å². The predicted octanol–water partition coefficient (Wildman–Crippen LogP) is 2.01. The molecule has 1 heterocycles. The Labute approximate surface area is 107 Å². The maximum atomic E-state index is 11.7. The van der Waals surface area contributed by atoms with Gasteiger partial charge in [-0.1, -0.05) is 20.3 Å². The van der Waals surface area contributed by atoms with Crippen molar-refractivity contribution in [2.45, 2.75) is 52.1 Å². The molecule has 0 saturated heterocycles. The maximum Gasteiger partial charge on any atom is 0.237 e. The first-order valence-electron chi connectivity index (χ1n) is 6.08. The highest BCUT2D eigenvalue weighted by atomic mass is 32.1. The first-order chi connectivity index (χ1) is 8.08. The molecule has 17 heavy (non-hydrogen) atoms. The van der Waals surface area contributed by atoms with Crippen molar-refractivity contribution in [3.8, 4) is 0 Å². The summed E-state index contributed by atoms with van der Waals surface area (Å²) in [6.45, 7) is 6.03. The number of nitrogens with zero attached hydrogens (tertiary/aromatic N) is 1. The fraction of sp³-hybridized carbons (Fsp3) is 0.667. The lowest BCUT2D eigenvalue weighted by Gasteiger charge is -2.15. The Kier molecular flexibility index (Phi) is 5.58. The molecule has 0 aliphatic carbocycles. The van der Waals surface area contributed by atoms with Gasteiger partial charge in [-0.05, 0) is 19.8 Å². The number of nitrogens with one attached hydrogen (secondary N) is 1. The van der Waals surface area contributed by atoms with Crippen molar-refractivity contribution in [1.29, 1.82) is 0 Å². The zero-order valence-electron chi connectivity index (χ0n) is 10.7. The van der Waals surface area contributed by atoms with Crippen LogP contribution in [0.3, 0.4) is 0 Å². The number of amides is 1. The number of rotatable bonds is 6. The van der Waals surface area contributed by atoms with Gasteiger partial charge in [0.2, 0.25) is 5.91 Å². The largest absolute Gasteiger partial charge is 0.347 e. The van der Waals surface area contributed by atoms with Crippen LogP contribution in [0.25, 0.3) is 0 Å². The molecule has 2 unspecified atom stereocenters. The minimum Gasteiger partial charge on any atom is -0.347 e. The molecular weight excluding hydrogens is 234 g/mol. The second-order valence-corrected chi connectivity index (χ2v) is 5.09. The number of carbonyl (C=O) groups excluding carboxylic acids is 1. The summed E-state index contributed by atoms with van der Waals surface area (Å²) in [7, 11) is 0. The molecule has 0 spiro atoms. The molecule has 96 valence electrons. The number of nitrogens with two attached hydrogens (primary N) is 1. The van der Waals surface area contributed by atoms with Gasteiger partial charge < -0.3 is 11.1 Å². The summed E-state index contributed by atoms with van der Waals surface area (Å²) in [5.74, 6) is -0.0922. The van der Waals surface area contributed by atoms with Gasteiger partial charge in [-0.2, -0.15) is 0 Å². The lowest BCUT2D eigenvalue weighted by molar-refractivity contribution is -0.123. The Morgan fingerprint density at radius 1 is 1.59 bits per heavy atom. The van der Waals surface area contributed by atoms with Gasteiger partial charge in [0, 0.05) is 5.38 Å². The maximum absolute atomic E-state index is 11.7. The van der Waals surface area contributed by atoms with Gasteiger partial charge in [0.05, 0.1) is 22.8 Å². The lowest BCUT2D eigenvalue weighted by Crippen LogP contribution is -2.41. The minimum atomic E-state index is -0.410. The summed E-state index contributed by atoms with van der Waals surface area (Å²) >= 11 is 1.63. The number of thiazole rings is 1. The highest BCUT2D eigenvalue weighted by Crippen LogP contribution is 2.17. The molecule has 0 aromatic carbocycles. The summed E-state index contributed by atoms with van der Waals surface area (Å²) < 4.78 is 0. The number of hydrogen-bond acceptors (Lipinski definition) is 4. The summed E-state index contributed by atoms with van der Waals surface area (Å²) in [4.78, 5) is 16.2. The highest BCUT2D eigenvalue weighted by Gasteiger charge is 2.17. The number of hydrogen-bond donors (Lipinski definition) is 2. The van der Waals surface area contributed by atoms with Crippen molar-refractivity contribution in [2.75, 3.05) is 0 Å². The van der Waals surface area contributed by atoms with E-state index >= 15 is 0 Å². The Morgan fingerprint density at radius 3 is 2.82 bits per heavy atom. The fourth-order valence-electron chi connectivity index (χ4n) is 1.52. The molecule has 1 rings (SSSR count). The number of aromatic nitrogens is 1. The Morgan fingerprint density at radius 2 is 2.29 bits per heavy atom. The van der Waals surface area contributed by atoms with Gasteiger partial charge in [-0.15, -0.1) is 11.3 Å². The molecule has 3 N–H and O–H groups in total. The van der Waals surface area contributed by atoms with Crippen LogP contribution in [0.5, 0.6) is 0 Å². The molecule has 0 aliphatic rings. The van der Waals surface area contributed by atoms with E-state index in [1.807, 2.05) is 19.2 Å². The smallest absolute Gasteiger partial charge is 0.237 e. The molecule has 1 aromatic heterocycles. The first kappa shape index (κ1) is 14.1. The number of aryl methyl sites for hydroxylation is 1. The third-order valence-corrected chi connectivity index (χ3v) is 3.62. The van der Waals surface area contributed by atoms with E-state index in [0.29, 0.717) is 0 Å². The predicted molar refractivity (Wildman–Crippen MR) is 70.9 cm³/mol. The molecule has 2 atom stereocenters. The molecule has 0 radical (unpaired) electrons. The molecule has 0 bridgehead atoms. The van der Waals surface area contributed by atoms with Gasteiger partial charge in [-0.3, -0.25) is 4.79 Å². The van der Waals surface area contributed by atoms with Crippen LogP contribution in [0, 0.1) is 0 Å². The summed E-state index contributed by atoms with van der Waals surface area (Å²) in [6, 6.07) is -0.478. The standard InChI is InChI=1S/C12H21N3OS/c1-4-6-9(13)12(16)14-8(3)10-7-17-11(5-2)15-10/h7-9H,4-6,13H2,1-3H3,(H,14,16). The van der Waals surface area contributed by atoms with Gasteiger partial charge in [0.1, 0.15) is 0 Å². The zero-order chi connectivity index (χ0) is 12.8. The Balaban J connectivity index is 2.53. The fourth-order valence-corrected chi connectivity index (χ4v) is 2.36. The quantitative estimate of drug-likeness (QED) is 0.817. The van der Waals surface area contributed by atoms with E-state index in [1.54, 1.807) is 11.3 Å². The van der Waals surface area contributed by atoms with Crippen molar-refractivity contribution in [3.63, 3.8) is 0 Å². The topological polar surface area (TPSA) is 68.0 Å².